The number of likely N-dealkylation sites (tertiary alicyclic amines) is 1. The second-order valence-corrected chi connectivity index (χ2v) is 6.08. The summed E-state index contributed by atoms with van der Waals surface area (Å²) in [6.07, 6.45) is 1.84. The highest BCUT2D eigenvalue weighted by atomic mass is 35.5. The third kappa shape index (κ3) is 3.57. The summed E-state index contributed by atoms with van der Waals surface area (Å²) < 4.78 is 0. The monoisotopic (exact) mass is 335 g/mol. The molecule has 0 radical (unpaired) electrons. The van der Waals surface area contributed by atoms with Crippen LogP contribution in [0.25, 0.3) is 10.9 Å². The molecule has 5 nitrogen and oxygen atoms in total. The molecule has 6 heteroatoms. The van der Waals surface area contributed by atoms with Gasteiger partial charge >= 0.3 is 0 Å². The molecule has 1 unspecified atom stereocenters. The molecule has 0 saturated carbocycles. The number of benzene rings is 1. The van der Waals surface area contributed by atoms with Crippen molar-refractivity contribution in [3.63, 3.8) is 0 Å². The number of nitrogens with zero attached hydrogens (tertiary/aromatic N) is 1. The van der Waals surface area contributed by atoms with E-state index >= 15 is 0 Å². The Balaban J connectivity index is 0.00000192. The van der Waals surface area contributed by atoms with E-state index in [-0.39, 0.29) is 29.9 Å². The number of para-hydroxylation sites is 1. The van der Waals surface area contributed by atoms with Crippen LogP contribution in [0, 0.1) is 5.92 Å². The lowest BCUT2D eigenvalue weighted by Crippen LogP contribution is -2.42. The summed E-state index contributed by atoms with van der Waals surface area (Å²) >= 11 is 0. The zero-order valence-electron chi connectivity index (χ0n) is 13.1. The molecule has 1 atom stereocenters. The number of rotatable bonds is 2. The number of hydrogen-bond acceptors (Lipinski definition) is 3. The topological polar surface area (TPSA) is 79.2 Å². The molecule has 124 valence electrons. The van der Waals surface area contributed by atoms with Crippen molar-refractivity contribution in [2.75, 3.05) is 13.1 Å². The largest absolute Gasteiger partial charge is 0.339 e. The van der Waals surface area contributed by atoms with Crippen molar-refractivity contribution in [1.82, 2.24) is 9.88 Å². The van der Waals surface area contributed by atoms with E-state index in [1.165, 1.54) is 6.07 Å². The number of halogens is 1. The van der Waals surface area contributed by atoms with Crippen molar-refractivity contribution in [2.45, 2.75) is 25.8 Å². The number of pyridine rings is 1. The van der Waals surface area contributed by atoms with Crippen molar-refractivity contribution < 1.29 is 4.79 Å². The molecule has 1 aromatic carbocycles. The molecule has 1 amide bonds. The van der Waals surface area contributed by atoms with Crippen LogP contribution in [-0.2, 0) is 0 Å². The summed E-state index contributed by atoms with van der Waals surface area (Å²) in [5.74, 6) is 0.408. The van der Waals surface area contributed by atoms with Crippen molar-refractivity contribution in [2.24, 2.45) is 11.7 Å². The minimum Gasteiger partial charge on any atom is -0.339 e. The van der Waals surface area contributed by atoms with Crippen LogP contribution < -0.4 is 11.3 Å². The molecule has 2 heterocycles. The van der Waals surface area contributed by atoms with Gasteiger partial charge in [-0.1, -0.05) is 18.2 Å². The predicted molar refractivity (Wildman–Crippen MR) is 94.1 cm³/mol. The van der Waals surface area contributed by atoms with Gasteiger partial charge in [0.15, 0.2) is 0 Å². The van der Waals surface area contributed by atoms with E-state index in [0.717, 1.165) is 18.2 Å². The molecule has 1 saturated heterocycles. The predicted octanol–water partition coefficient (Wildman–Crippen LogP) is 2.15. The number of aromatic amines is 1. The number of H-pyrrole nitrogens is 1. The third-order valence-corrected chi connectivity index (χ3v) is 4.55. The summed E-state index contributed by atoms with van der Waals surface area (Å²) in [5, 5.41) is 0.793. The molecule has 1 aromatic heterocycles. The Labute approximate surface area is 141 Å². The minimum atomic E-state index is -0.243. The Bertz CT molecular complexity index is 749. The Morgan fingerprint density at radius 1 is 1.30 bits per heavy atom. The number of nitrogens with two attached hydrogens (primary N) is 1. The van der Waals surface area contributed by atoms with E-state index < -0.39 is 0 Å². The van der Waals surface area contributed by atoms with E-state index in [1.807, 2.05) is 36.1 Å². The molecule has 3 rings (SSSR count). The second kappa shape index (κ2) is 7.15. The lowest BCUT2D eigenvalue weighted by molar-refractivity contribution is 0.0683. The maximum absolute atomic E-state index is 12.8. The molecule has 1 aliphatic heterocycles. The number of piperidine rings is 1. The number of hydrogen-bond donors (Lipinski definition) is 2. The molecule has 23 heavy (non-hydrogen) atoms. The third-order valence-electron chi connectivity index (χ3n) is 4.55. The van der Waals surface area contributed by atoms with Crippen LogP contribution in [0.2, 0.25) is 0 Å². The number of fused-ring (bicyclic) bond motifs is 1. The van der Waals surface area contributed by atoms with Gasteiger partial charge < -0.3 is 15.6 Å². The van der Waals surface area contributed by atoms with Crippen molar-refractivity contribution in [1.29, 1.82) is 0 Å². The molecular weight excluding hydrogens is 314 g/mol. The molecule has 1 fully saturated rings. The number of amides is 1. The van der Waals surface area contributed by atoms with Gasteiger partial charge in [-0.3, -0.25) is 9.59 Å². The maximum atomic E-state index is 12.8. The van der Waals surface area contributed by atoms with Gasteiger partial charge in [0.25, 0.3) is 5.91 Å². The highest BCUT2D eigenvalue weighted by Gasteiger charge is 2.26. The Morgan fingerprint density at radius 2 is 1.96 bits per heavy atom. The number of carbonyl (C=O) groups excluding carboxylic acids is 1. The average Bonchev–Trinajstić information content (AvgIpc) is 2.53. The van der Waals surface area contributed by atoms with Gasteiger partial charge in [0.2, 0.25) is 5.56 Å². The quantitative estimate of drug-likeness (QED) is 0.882. The van der Waals surface area contributed by atoms with Crippen molar-refractivity contribution >= 4 is 29.2 Å². The second-order valence-electron chi connectivity index (χ2n) is 6.08. The van der Waals surface area contributed by atoms with Gasteiger partial charge in [-0.25, -0.2) is 0 Å². The van der Waals surface area contributed by atoms with Crippen LogP contribution in [0.3, 0.4) is 0 Å². The first-order valence-corrected chi connectivity index (χ1v) is 7.73. The lowest BCUT2D eigenvalue weighted by Gasteiger charge is -2.33. The molecule has 0 bridgehead atoms. The van der Waals surface area contributed by atoms with Gasteiger partial charge in [-0.05, 0) is 31.7 Å². The lowest BCUT2D eigenvalue weighted by atomic mass is 9.90. The number of nitrogens with one attached hydrogen (secondary N) is 1. The summed E-state index contributed by atoms with van der Waals surface area (Å²) in [5.41, 5.74) is 6.88. The van der Waals surface area contributed by atoms with Gasteiger partial charge in [-0.2, -0.15) is 0 Å². The van der Waals surface area contributed by atoms with Crippen LogP contribution in [0.15, 0.2) is 35.1 Å². The maximum Gasteiger partial charge on any atom is 0.254 e. The summed E-state index contributed by atoms with van der Waals surface area (Å²) in [4.78, 5) is 29.2. The smallest absolute Gasteiger partial charge is 0.254 e. The molecule has 0 spiro atoms. The van der Waals surface area contributed by atoms with Crippen LogP contribution in [0.4, 0.5) is 0 Å². The van der Waals surface area contributed by atoms with Crippen molar-refractivity contribution in [3.05, 3.63) is 46.2 Å². The first-order valence-electron chi connectivity index (χ1n) is 7.73. The minimum absolute atomic E-state index is 0. The molecule has 0 aliphatic carbocycles. The van der Waals surface area contributed by atoms with E-state index in [2.05, 4.69) is 4.98 Å². The van der Waals surface area contributed by atoms with E-state index in [4.69, 9.17) is 5.73 Å². The van der Waals surface area contributed by atoms with Gasteiger partial charge in [-0.15, -0.1) is 12.4 Å². The zero-order chi connectivity index (χ0) is 15.7. The summed E-state index contributed by atoms with van der Waals surface area (Å²) in [6.45, 7) is 3.42. The van der Waals surface area contributed by atoms with Gasteiger partial charge in [0.1, 0.15) is 0 Å². The molecule has 2 aromatic rings. The van der Waals surface area contributed by atoms with E-state index in [0.29, 0.717) is 30.1 Å². The fourth-order valence-corrected chi connectivity index (χ4v) is 3.18. The number of carbonyl (C=O) groups is 1. The van der Waals surface area contributed by atoms with Crippen LogP contribution >= 0.6 is 12.4 Å². The van der Waals surface area contributed by atoms with Gasteiger partial charge in [0.05, 0.1) is 5.56 Å². The zero-order valence-corrected chi connectivity index (χ0v) is 13.9. The van der Waals surface area contributed by atoms with Crippen LogP contribution in [-0.4, -0.2) is 34.9 Å². The highest BCUT2D eigenvalue weighted by Crippen LogP contribution is 2.23. The Kier molecular flexibility index (Phi) is 5.44. The van der Waals surface area contributed by atoms with E-state index in [9.17, 15) is 9.59 Å². The normalized spacial score (nSPS) is 16.9. The Hall–Kier alpha value is -1.85. The standard InChI is InChI=1S/C17H21N3O2.ClH/c1-11(18)12-6-8-20(9-7-12)17(22)14-10-16(21)19-15-5-3-2-4-13(14)15;/h2-5,10-12H,6-9,18H2,1H3,(H,19,21);1H. The summed E-state index contributed by atoms with van der Waals surface area (Å²) in [7, 11) is 0. The molecule has 1 aliphatic rings. The molecule has 3 N–H and O–H groups in total. The first-order chi connectivity index (χ1) is 10.6. The Morgan fingerprint density at radius 3 is 2.61 bits per heavy atom. The summed E-state index contributed by atoms with van der Waals surface area (Å²) in [6, 6.07) is 8.98. The fraction of sp³-hybridized carbons (Fsp3) is 0.412. The first kappa shape index (κ1) is 17.5. The number of aromatic nitrogens is 1. The van der Waals surface area contributed by atoms with Gasteiger partial charge in [0, 0.05) is 36.1 Å². The van der Waals surface area contributed by atoms with Crippen LogP contribution in [0.5, 0.6) is 0 Å². The highest BCUT2D eigenvalue weighted by molar-refractivity contribution is 6.05. The van der Waals surface area contributed by atoms with Crippen LogP contribution in [0.1, 0.15) is 30.1 Å². The van der Waals surface area contributed by atoms with E-state index in [1.54, 1.807) is 0 Å². The fourth-order valence-electron chi connectivity index (χ4n) is 3.18. The SMILES string of the molecule is CC(N)C1CCN(C(=O)c2cc(=O)[nH]c3ccccc23)CC1.Cl. The molecular formula is C17H22ClN3O2. The average molecular weight is 336 g/mol. The van der Waals surface area contributed by atoms with Crippen molar-refractivity contribution in [3.8, 4) is 0 Å².